The van der Waals surface area contributed by atoms with Gasteiger partial charge in [-0.2, -0.15) is 0 Å². The summed E-state index contributed by atoms with van der Waals surface area (Å²) in [5.41, 5.74) is 3.87. The smallest absolute Gasteiger partial charge is 0.272 e. The molecule has 0 spiro atoms. The van der Waals surface area contributed by atoms with Gasteiger partial charge >= 0.3 is 0 Å². The number of aliphatic hydroxyl groups is 1. The van der Waals surface area contributed by atoms with Crippen LogP contribution in [0.4, 0.5) is 17.1 Å². The van der Waals surface area contributed by atoms with Gasteiger partial charge in [0.2, 0.25) is 0 Å². The third kappa shape index (κ3) is 3.91. The van der Waals surface area contributed by atoms with E-state index >= 15 is 0 Å². The van der Waals surface area contributed by atoms with Crippen LogP contribution in [0.3, 0.4) is 0 Å². The van der Waals surface area contributed by atoms with Gasteiger partial charge in [0.25, 0.3) is 5.69 Å². The largest absolute Gasteiger partial charge is 0.393 e. The van der Waals surface area contributed by atoms with E-state index in [-0.39, 0.29) is 16.7 Å². The van der Waals surface area contributed by atoms with Crippen molar-refractivity contribution in [3.8, 4) is 0 Å². The van der Waals surface area contributed by atoms with Gasteiger partial charge in [0, 0.05) is 31.3 Å². The second kappa shape index (κ2) is 7.53. The molecule has 2 aromatic carbocycles. The van der Waals surface area contributed by atoms with Gasteiger partial charge in [-0.3, -0.25) is 10.1 Å². The van der Waals surface area contributed by atoms with Crippen LogP contribution < -0.4 is 10.2 Å². The van der Waals surface area contributed by atoms with E-state index in [4.69, 9.17) is 0 Å². The van der Waals surface area contributed by atoms with Gasteiger partial charge in [-0.1, -0.05) is 24.3 Å². The number of hydrogen-bond acceptors (Lipinski definition) is 5. The average Bonchev–Trinajstić information content (AvgIpc) is 2.61. The minimum atomic E-state index is -0.341. The maximum Gasteiger partial charge on any atom is 0.272 e. The molecule has 25 heavy (non-hydrogen) atoms. The number of piperidine rings is 1. The fraction of sp³-hybridized carbons (Fsp3) is 0.368. The van der Waals surface area contributed by atoms with Crippen LogP contribution in [0.25, 0.3) is 0 Å². The number of nitro groups is 1. The summed E-state index contributed by atoms with van der Waals surface area (Å²) in [7, 11) is 0. The molecule has 1 fully saturated rings. The van der Waals surface area contributed by atoms with Crippen LogP contribution in [0.5, 0.6) is 0 Å². The monoisotopic (exact) mass is 341 g/mol. The van der Waals surface area contributed by atoms with E-state index in [0.717, 1.165) is 42.9 Å². The molecule has 0 bridgehead atoms. The third-order valence-corrected chi connectivity index (χ3v) is 4.79. The average molecular weight is 341 g/mol. The van der Waals surface area contributed by atoms with Gasteiger partial charge < -0.3 is 15.3 Å². The van der Waals surface area contributed by atoms with Crippen LogP contribution in [0.1, 0.15) is 24.0 Å². The second-order valence-electron chi connectivity index (χ2n) is 6.41. The molecule has 0 atom stereocenters. The SMILES string of the molecule is Cc1c(CNc2ccccc2N2CCC(O)CC2)cccc1[N+](=O)[O-]. The van der Waals surface area contributed by atoms with Gasteiger partial charge in [-0.05, 0) is 37.5 Å². The molecule has 0 aliphatic carbocycles. The standard InChI is InChI=1S/C19H23N3O3/c1-14-15(5-4-8-18(14)22(24)25)13-20-17-6-2-3-7-19(17)21-11-9-16(23)10-12-21/h2-8,16,20,23H,9-13H2,1H3. The minimum Gasteiger partial charge on any atom is -0.393 e. The van der Waals surface area contributed by atoms with Crippen LogP contribution in [0.2, 0.25) is 0 Å². The highest BCUT2D eigenvalue weighted by Gasteiger charge is 2.19. The molecule has 0 aromatic heterocycles. The van der Waals surface area contributed by atoms with E-state index in [0.29, 0.717) is 12.1 Å². The van der Waals surface area contributed by atoms with Gasteiger partial charge in [-0.25, -0.2) is 0 Å². The normalized spacial score (nSPS) is 15.2. The topological polar surface area (TPSA) is 78.6 Å². The molecule has 0 amide bonds. The maximum atomic E-state index is 11.1. The molecule has 132 valence electrons. The molecule has 0 unspecified atom stereocenters. The predicted octanol–water partition coefficient (Wildman–Crippen LogP) is 3.48. The zero-order valence-electron chi connectivity index (χ0n) is 14.3. The first kappa shape index (κ1) is 17.2. The molecule has 1 aliphatic rings. The first-order chi connectivity index (χ1) is 12.1. The molecule has 2 N–H and O–H groups in total. The number of rotatable bonds is 5. The fourth-order valence-electron chi connectivity index (χ4n) is 3.26. The number of nitro benzene ring substituents is 1. The molecule has 1 aliphatic heterocycles. The van der Waals surface area contributed by atoms with Crippen molar-refractivity contribution in [2.45, 2.75) is 32.4 Å². The van der Waals surface area contributed by atoms with E-state index < -0.39 is 0 Å². The fourth-order valence-corrected chi connectivity index (χ4v) is 3.26. The van der Waals surface area contributed by atoms with Gasteiger partial charge in [0.1, 0.15) is 0 Å². The molecule has 1 saturated heterocycles. The van der Waals surface area contributed by atoms with Crippen LogP contribution in [0, 0.1) is 17.0 Å². The molecule has 6 nitrogen and oxygen atoms in total. The minimum absolute atomic E-state index is 0.151. The van der Waals surface area contributed by atoms with Crippen molar-refractivity contribution in [2.24, 2.45) is 0 Å². The Hall–Kier alpha value is -2.60. The van der Waals surface area contributed by atoms with E-state index in [9.17, 15) is 15.2 Å². The number of para-hydroxylation sites is 2. The van der Waals surface area contributed by atoms with Crippen molar-refractivity contribution < 1.29 is 10.0 Å². The van der Waals surface area contributed by atoms with Crippen LogP contribution >= 0.6 is 0 Å². The number of benzene rings is 2. The Morgan fingerprint density at radius 3 is 2.64 bits per heavy atom. The van der Waals surface area contributed by atoms with Gasteiger partial charge in [0.05, 0.1) is 22.4 Å². The second-order valence-corrected chi connectivity index (χ2v) is 6.41. The Morgan fingerprint density at radius 1 is 1.20 bits per heavy atom. The molecule has 0 saturated carbocycles. The highest BCUT2D eigenvalue weighted by molar-refractivity contribution is 5.70. The number of nitrogens with zero attached hydrogens (tertiary/aromatic N) is 2. The third-order valence-electron chi connectivity index (χ3n) is 4.79. The van der Waals surface area contributed by atoms with E-state index in [2.05, 4.69) is 16.3 Å². The van der Waals surface area contributed by atoms with E-state index in [1.807, 2.05) is 24.3 Å². The summed E-state index contributed by atoms with van der Waals surface area (Å²) in [6.07, 6.45) is 1.35. The Labute approximate surface area is 147 Å². The Morgan fingerprint density at radius 2 is 1.92 bits per heavy atom. The molecule has 2 aromatic rings. The van der Waals surface area contributed by atoms with Crippen molar-refractivity contribution in [3.05, 3.63) is 63.7 Å². The lowest BCUT2D eigenvalue weighted by Gasteiger charge is -2.33. The molecule has 0 radical (unpaired) electrons. The first-order valence-corrected chi connectivity index (χ1v) is 8.55. The van der Waals surface area contributed by atoms with Gasteiger partial charge in [0.15, 0.2) is 0 Å². The summed E-state index contributed by atoms with van der Waals surface area (Å²) >= 11 is 0. The lowest BCUT2D eigenvalue weighted by Crippen LogP contribution is -2.36. The zero-order chi connectivity index (χ0) is 17.8. The molecule has 6 heteroatoms. The summed E-state index contributed by atoms with van der Waals surface area (Å²) < 4.78 is 0. The van der Waals surface area contributed by atoms with Crippen molar-refractivity contribution in [1.29, 1.82) is 0 Å². The summed E-state index contributed by atoms with van der Waals surface area (Å²) in [5.74, 6) is 0. The molecule has 1 heterocycles. The quantitative estimate of drug-likeness (QED) is 0.643. The highest BCUT2D eigenvalue weighted by atomic mass is 16.6. The number of aliphatic hydroxyl groups excluding tert-OH is 1. The lowest BCUT2D eigenvalue weighted by molar-refractivity contribution is -0.385. The lowest BCUT2D eigenvalue weighted by atomic mass is 10.1. The molecular weight excluding hydrogens is 318 g/mol. The molecular formula is C19H23N3O3. The van der Waals surface area contributed by atoms with E-state index in [1.165, 1.54) is 6.07 Å². The summed E-state index contributed by atoms with van der Waals surface area (Å²) in [4.78, 5) is 13.0. The molecule has 3 rings (SSSR count). The summed E-state index contributed by atoms with van der Waals surface area (Å²) in [6.45, 7) is 3.97. The Bertz CT molecular complexity index is 755. The van der Waals surface area contributed by atoms with Crippen molar-refractivity contribution in [1.82, 2.24) is 0 Å². The van der Waals surface area contributed by atoms with Crippen LogP contribution in [-0.2, 0) is 6.54 Å². The van der Waals surface area contributed by atoms with Gasteiger partial charge in [-0.15, -0.1) is 0 Å². The number of anilines is 2. The predicted molar refractivity (Wildman–Crippen MR) is 99.1 cm³/mol. The summed E-state index contributed by atoms with van der Waals surface area (Å²) in [5, 5.41) is 24.2. The van der Waals surface area contributed by atoms with Crippen molar-refractivity contribution >= 4 is 17.1 Å². The zero-order valence-corrected chi connectivity index (χ0v) is 14.3. The highest BCUT2D eigenvalue weighted by Crippen LogP contribution is 2.29. The Balaban J connectivity index is 1.76. The van der Waals surface area contributed by atoms with Crippen LogP contribution in [0.15, 0.2) is 42.5 Å². The van der Waals surface area contributed by atoms with Crippen LogP contribution in [-0.4, -0.2) is 29.2 Å². The number of hydrogen-bond donors (Lipinski definition) is 2. The number of nitrogens with one attached hydrogen (secondary N) is 1. The maximum absolute atomic E-state index is 11.1. The first-order valence-electron chi connectivity index (χ1n) is 8.55. The summed E-state index contributed by atoms with van der Waals surface area (Å²) in [6, 6.07) is 13.2. The Kier molecular flexibility index (Phi) is 5.19. The van der Waals surface area contributed by atoms with Crippen molar-refractivity contribution in [2.75, 3.05) is 23.3 Å². The van der Waals surface area contributed by atoms with E-state index in [1.54, 1.807) is 13.0 Å². The van der Waals surface area contributed by atoms with Crippen molar-refractivity contribution in [3.63, 3.8) is 0 Å².